The number of ether oxygens (including phenoxy) is 1. The molecule has 3 rings (SSSR count). The van der Waals surface area contributed by atoms with E-state index >= 15 is 0 Å². The van der Waals surface area contributed by atoms with E-state index in [2.05, 4.69) is 73.0 Å². The van der Waals surface area contributed by atoms with Crippen molar-refractivity contribution in [1.29, 1.82) is 0 Å². The van der Waals surface area contributed by atoms with Crippen LogP contribution >= 0.6 is 11.6 Å². The predicted octanol–water partition coefficient (Wildman–Crippen LogP) is 10.1. The van der Waals surface area contributed by atoms with Crippen LogP contribution in [0.15, 0.2) is 109 Å². The van der Waals surface area contributed by atoms with Crippen molar-refractivity contribution >= 4 is 35.0 Å². The molecule has 0 aliphatic carbocycles. The SMILES string of the molecule is CC/C=C\C/C=C\C/C=C\C/C=C\C/C=C\CCCC(=O)NCCCC(=O)[C@@H]1CCCN1C(=O)C(C)(C)Oc1ccc(C(=O)c2ccc(Cl)cc2)cc1. The van der Waals surface area contributed by atoms with Gasteiger partial charge in [0.2, 0.25) is 5.91 Å². The van der Waals surface area contributed by atoms with Crippen molar-refractivity contribution in [3.8, 4) is 5.75 Å². The summed E-state index contributed by atoms with van der Waals surface area (Å²) in [5.74, 6) is 0.0500. The molecule has 1 fully saturated rings. The van der Waals surface area contributed by atoms with Crippen LogP contribution in [0.5, 0.6) is 5.75 Å². The van der Waals surface area contributed by atoms with E-state index in [0.29, 0.717) is 60.7 Å². The highest BCUT2D eigenvalue weighted by atomic mass is 35.5. The minimum absolute atomic E-state index is 0.00403. The van der Waals surface area contributed by atoms with E-state index in [9.17, 15) is 19.2 Å². The summed E-state index contributed by atoms with van der Waals surface area (Å²) in [6.45, 7) is 6.45. The second-order valence-corrected chi connectivity index (χ2v) is 14.1. The summed E-state index contributed by atoms with van der Waals surface area (Å²) in [4.78, 5) is 53.5. The molecule has 0 unspecified atom stereocenters. The van der Waals surface area contributed by atoms with Gasteiger partial charge in [0.05, 0.1) is 6.04 Å². The molecule has 1 aliphatic rings. The van der Waals surface area contributed by atoms with Crippen molar-refractivity contribution in [1.82, 2.24) is 10.2 Å². The summed E-state index contributed by atoms with van der Waals surface area (Å²) >= 11 is 5.94. The highest BCUT2D eigenvalue weighted by Crippen LogP contribution is 2.27. The maximum absolute atomic E-state index is 13.6. The van der Waals surface area contributed by atoms with Crippen LogP contribution in [0.1, 0.15) is 114 Å². The number of rotatable bonds is 23. The largest absolute Gasteiger partial charge is 0.478 e. The summed E-state index contributed by atoms with van der Waals surface area (Å²) in [6, 6.07) is 12.9. The number of nitrogens with zero attached hydrogens (tertiary/aromatic N) is 1. The zero-order chi connectivity index (χ0) is 38.3. The predicted molar refractivity (Wildman–Crippen MR) is 216 cm³/mol. The second kappa shape index (κ2) is 23.9. The number of benzene rings is 2. The third-order valence-electron chi connectivity index (χ3n) is 8.85. The Bertz CT molecular complexity index is 1600. The molecule has 0 radical (unpaired) electrons. The first-order chi connectivity index (χ1) is 25.6. The molecule has 8 heteroatoms. The third-order valence-corrected chi connectivity index (χ3v) is 9.10. The normalized spacial score (nSPS) is 15.1. The first-order valence-electron chi connectivity index (χ1n) is 19.1. The molecule has 2 aromatic carbocycles. The number of amides is 2. The van der Waals surface area contributed by atoms with Gasteiger partial charge in [0.15, 0.2) is 17.2 Å². The summed E-state index contributed by atoms with van der Waals surface area (Å²) < 4.78 is 6.09. The third kappa shape index (κ3) is 16.0. The van der Waals surface area contributed by atoms with Gasteiger partial charge in [0.1, 0.15) is 5.75 Å². The first kappa shape index (κ1) is 42.9. The van der Waals surface area contributed by atoms with Crippen LogP contribution in [0.4, 0.5) is 0 Å². The van der Waals surface area contributed by atoms with Gasteiger partial charge in [0, 0.05) is 42.1 Å². The standard InChI is InChI=1S/C45H57ClN2O5/c1-4-5-6-7-8-9-10-11-12-13-14-15-16-17-18-19-20-25-42(50)47-34-21-24-41(49)40-23-22-35-48(40)44(52)45(2,3)53-39-32-28-37(29-33-39)43(51)36-26-30-38(46)31-27-36/h5-6,8-9,11-12,14-15,17-18,26-33,40H,4,7,10,13,16,19-25,34-35H2,1-3H3,(H,47,50)/b6-5-,9-8-,12-11-,15-14-,18-17-/t40-/m0/s1. The van der Waals surface area contributed by atoms with Crippen LogP contribution in [0.2, 0.25) is 5.02 Å². The molecule has 0 bridgehead atoms. The van der Waals surface area contributed by atoms with E-state index in [1.807, 2.05) is 0 Å². The maximum atomic E-state index is 13.6. The Balaban J connectivity index is 1.29. The van der Waals surface area contributed by atoms with Gasteiger partial charge < -0.3 is 15.0 Å². The Kier molecular flexibility index (Phi) is 19.4. The molecule has 0 aromatic heterocycles. The highest BCUT2D eigenvalue weighted by molar-refractivity contribution is 6.30. The van der Waals surface area contributed by atoms with E-state index in [4.69, 9.17) is 16.3 Å². The number of unbranched alkanes of at least 4 members (excludes halogenated alkanes) is 1. The summed E-state index contributed by atoms with van der Waals surface area (Å²) in [7, 11) is 0. The molecule has 1 atom stereocenters. The van der Waals surface area contributed by atoms with E-state index in [-0.39, 0.29) is 23.4 Å². The number of hydrogen-bond acceptors (Lipinski definition) is 5. The lowest BCUT2D eigenvalue weighted by Gasteiger charge is -2.33. The zero-order valence-electron chi connectivity index (χ0n) is 31.7. The number of ketones is 2. The lowest BCUT2D eigenvalue weighted by molar-refractivity contribution is -0.149. The molecule has 1 heterocycles. The molecule has 1 saturated heterocycles. The number of carbonyl (C=O) groups excluding carboxylic acids is 4. The topological polar surface area (TPSA) is 92.8 Å². The number of hydrogen-bond donors (Lipinski definition) is 1. The minimum Gasteiger partial charge on any atom is -0.478 e. The van der Waals surface area contributed by atoms with Crippen molar-refractivity contribution in [3.05, 3.63) is 125 Å². The molecule has 2 aromatic rings. The first-order valence-corrected chi connectivity index (χ1v) is 19.4. The smallest absolute Gasteiger partial charge is 0.266 e. The number of allylic oxidation sites excluding steroid dienone is 10. The molecular formula is C45H57ClN2O5. The van der Waals surface area contributed by atoms with Crippen molar-refractivity contribution in [2.75, 3.05) is 13.1 Å². The lowest BCUT2D eigenvalue weighted by atomic mass is 10.0. The van der Waals surface area contributed by atoms with Crippen LogP contribution in [0, 0.1) is 0 Å². The van der Waals surface area contributed by atoms with Gasteiger partial charge in [-0.15, -0.1) is 0 Å². The zero-order valence-corrected chi connectivity index (χ0v) is 32.5. The van der Waals surface area contributed by atoms with E-state index in [1.165, 1.54) is 0 Å². The molecule has 1 aliphatic heterocycles. The Hall–Kier alpha value is -4.49. The Morgan fingerprint density at radius 3 is 1.91 bits per heavy atom. The van der Waals surface area contributed by atoms with Gasteiger partial charge in [-0.1, -0.05) is 79.3 Å². The van der Waals surface area contributed by atoms with E-state index < -0.39 is 11.6 Å². The van der Waals surface area contributed by atoms with E-state index in [0.717, 1.165) is 51.4 Å². The van der Waals surface area contributed by atoms with E-state index in [1.54, 1.807) is 67.3 Å². The second-order valence-electron chi connectivity index (χ2n) is 13.6. The molecule has 0 spiro atoms. The number of halogens is 1. The van der Waals surface area contributed by atoms with Gasteiger partial charge in [-0.3, -0.25) is 19.2 Å². The monoisotopic (exact) mass is 740 g/mol. The summed E-state index contributed by atoms with van der Waals surface area (Å²) in [5, 5.41) is 3.48. The molecular weight excluding hydrogens is 684 g/mol. The van der Waals surface area contributed by atoms with Crippen molar-refractivity contribution in [2.45, 2.75) is 109 Å². The number of Topliss-reactive ketones (excluding diaryl/α,β-unsaturated/α-hetero) is 1. The Morgan fingerprint density at radius 1 is 0.774 bits per heavy atom. The Labute approximate surface area is 321 Å². The highest BCUT2D eigenvalue weighted by Gasteiger charge is 2.41. The van der Waals surface area contributed by atoms with Gasteiger partial charge in [-0.2, -0.15) is 0 Å². The molecule has 2 amide bonds. The summed E-state index contributed by atoms with van der Waals surface area (Å²) in [6.07, 6.45) is 30.8. The number of carbonyl (C=O) groups is 4. The van der Waals surface area contributed by atoms with Gasteiger partial charge in [-0.05, 0) is 127 Å². The fourth-order valence-corrected chi connectivity index (χ4v) is 6.09. The maximum Gasteiger partial charge on any atom is 0.266 e. The van der Waals surface area contributed by atoms with Gasteiger partial charge in [-0.25, -0.2) is 0 Å². The molecule has 7 nitrogen and oxygen atoms in total. The van der Waals surface area contributed by atoms with Gasteiger partial charge in [0.25, 0.3) is 5.91 Å². The Morgan fingerprint density at radius 2 is 1.32 bits per heavy atom. The molecule has 0 saturated carbocycles. The van der Waals surface area contributed by atoms with Crippen molar-refractivity contribution in [2.24, 2.45) is 0 Å². The van der Waals surface area contributed by atoms with Crippen LogP contribution in [0.25, 0.3) is 0 Å². The summed E-state index contributed by atoms with van der Waals surface area (Å²) in [5.41, 5.74) is -0.198. The molecule has 53 heavy (non-hydrogen) atoms. The van der Waals surface area contributed by atoms with Crippen molar-refractivity contribution < 1.29 is 23.9 Å². The molecule has 284 valence electrons. The lowest BCUT2D eigenvalue weighted by Crippen LogP contribution is -2.52. The average Bonchev–Trinajstić information content (AvgIpc) is 3.64. The van der Waals surface area contributed by atoms with Crippen molar-refractivity contribution in [3.63, 3.8) is 0 Å². The minimum atomic E-state index is -1.22. The quantitative estimate of drug-likeness (QED) is 0.0696. The van der Waals surface area contributed by atoms with Crippen LogP contribution in [-0.4, -0.2) is 53.0 Å². The van der Waals surface area contributed by atoms with Crippen LogP contribution in [0.3, 0.4) is 0 Å². The van der Waals surface area contributed by atoms with Crippen LogP contribution in [-0.2, 0) is 14.4 Å². The van der Waals surface area contributed by atoms with Crippen LogP contribution < -0.4 is 10.1 Å². The average molecular weight is 741 g/mol. The fraction of sp³-hybridized carbons (Fsp3) is 0.422. The number of nitrogens with one attached hydrogen (secondary N) is 1. The fourth-order valence-electron chi connectivity index (χ4n) is 5.97. The van der Waals surface area contributed by atoms with Gasteiger partial charge >= 0.3 is 0 Å². The number of likely N-dealkylation sites (tertiary alicyclic amines) is 1. The molecule has 1 N–H and O–H groups in total.